The lowest BCUT2D eigenvalue weighted by molar-refractivity contribution is 0.0686. The summed E-state index contributed by atoms with van der Waals surface area (Å²) in [4.78, 5) is 37.5. The quantitative estimate of drug-likeness (QED) is 0.143. The zero-order valence-corrected chi connectivity index (χ0v) is 22.8. The summed E-state index contributed by atoms with van der Waals surface area (Å²) in [5.41, 5.74) is 12.6. The molecular formula is C33H28N2O5S. The molecule has 7 nitrogen and oxygen atoms in total. The first-order valence-electron chi connectivity index (χ1n) is 12.6. The van der Waals surface area contributed by atoms with E-state index in [1.165, 1.54) is 6.07 Å². The highest BCUT2D eigenvalue weighted by Crippen LogP contribution is 2.42. The molecule has 206 valence electrons. The van der Waals surface area contributed by atoms with Gasteiger partial charge in [-0.25, -0.2) is 9.59 Å². The largest absolute Gasteiger partial charge is 0.478 e. The number of aromatic carboxylic acids is 2. The number of allylic oxidation sites excluding steroid dienone is 4. The van der Waals surface area contributed by atoms with E-state index in [0.29, 0.717) is 23.1 Å². The summed E-state index contributed by atoms with van der Waals surface area (Å²) in [7, 11) is 0. The normalized spacial score (nSPS) is 15.4. The topological polar surface area (TPSA) is 144 Å². The number of nitrogens with two attached hydrogens (primary N) is 2. The molecule has 5 rings (SSSR count). The first kappa shape index (κ1) is 28.9. The Bertz CT molecular complexity index is 1620. The molecule has 0 saturated heterocycles. The van der Waals surface area contributed by atoms with E-state index in [1.807, 2.05) is 78.9 Å². The van der Waals surface area contributed by atoms with Crippen molar-refractivity contribution in [3.8, 4) is 0 Å². The van der Waals surface area contributed by atoms with Crippen molar-refractivity contribution in [2.45, 2.75) is 21.6 Å². The molecule has 0 radical (unpaired) electrons. The van der Waals surface area contributed by atoms with Crippen LogP contribution in [0.15, 0.2) is 131 Å². The van der Waals surface area contributed by atoms with Gasteiger partial charge in [-0.1, -0.05) is 90.7 Å². The Morgan fingerprint density at radius 3 is 1.80 bits per heavy atom. The first-order chi connectivity index (χ1) is 19.7. The summed E-state index contributed by atoms with van der Waals surface area (Å²) >= 11 is 1.62. The van der Waals surface area contributed by atoms with Gasteiger partial charge >= 0.3 is 11.9 Å². The molecule has 0 spiro atoms. The number of ketones is 1. The minimum absolute atomic E-state index is 0.0280. The van der Waals surface area contributed by atoms with Crippen molar-refractivity contribution in [2.24, 2.45) is 0 Å². The summed E-state index contributed by atoms with van der Waals surface area (Å²) in [5.74, 6) is -2.16. The van der Waals surface area contributed by atoms with Crippen LogP contribution in [-0.2, 0) is 5.41 Å². The first-order valence-corrected chi connectivity index (χ1v) is 13.5. The van der Waals surface area contributed by atoms with Crippen LogP contribution in [0.1, 0.15) is 43.1 Å². The molecular weight excluding hydrogens is 536 g/mol. The maximum Gasteiger partial charge on any atom is 0.337 e. The fraction of sp³-hybridized carbons (Fsp3) is 0.0606. The summed E-state index contributed by atoms with van der Waals surface area (Å²) in [6.07, 6.45) is 7.79. The van der Waals surface area contributed by atoms with Gasteiger partial charge in [0.25, 0.3) is 0 Å². The summed E-state index contributed by atoms with van der Waals surface area (Å²) in [6, 6.07) is 28.8. The van der Waals surface area contributed by atoms with Gasteiger partial charge in [0.2, 0.25) is 0 Å². The van der Waals surface area contributed by atoms with Crippen LogP contribution >= 0.6 is 11.8 Å². The number of benzene rings is 4. The van der Waals surface area contributed by atoms with E-state index in [1.54, 1.807) is 48.2 Å². The van der Waals surface area contributed by atoms with Gasteiger partial charge in [0, 0.05) is 15.4 Å². The Kier molecular flexibility index (Phi) is 9.06. The van der Waals surface area contributed by atoms with Crippen molar-refractivity contribution in [1.29, 1.82) is 0 Å². The van der Waals surface area contributed by atoms with Crippen molar-refractivity contribution in [3.05, 3.63) is 144 Å². The SMILES string of the molecule is Nc1c(C(=O)O)ccc(C2(C(=O)c3ccc(Sc4ccccc4)cc3)C=CC=CC2)c1N.O=C(O)c1ccccc1. The highest BCUT2D eigenvalue weighted by atomic mass is 32.2. The number of nitrogen functional groups attached to an aromatic ring is 2. The summed E-state index contributed by atoms with van der Waals surface area (Å²) in [6.45, 7) is 0. The third-order valence-electron chi connectivity index (χ3n) is 6.59. The van der Waals surface area contributed by atoms with Crippen molar-refractivity contribution in [1.82, 2.24) is 0 Å². The number of anilines is 2. The van der Waals surface area contributed by atoms with Crippen LogP contribution in [0.2, 0.25) is 0 Å². The number of carbonyl (C=O) groups excluding carboxylic acids is 1. The standard InChI is InChI=1S/C26H22N2O3S.C7H6O2/c27-22-20(25(30)31)13-14-21(23(22)28)26(15-5-2-6-16-26)24(29)17-9-11-19(12-10-17)32-18-7-3-1-4-8-18;8-7(9)6-4-2-1-3-5-6/h1-15H,16,27-28H2,(H,30,31);1-5H,(H,8,9). The molecule has 4 aromatic carbocycles. The van der Waals surface area contributed by atoms with E-state index in [2.05, 4.69) is 0 Å². The van der Waals surface area contributed by atoms with Crippen LogP contribution in [0.4, 0.5) is 11.4 Å². The smallest absolute Gasteiger partial charge is 0.337 e. The molecule has 1 atom stereocenters. The van der Waals surface area contributed by atoms with Gasteiger partial charge in [-0.3, -0.25) is 4.79 Å². The Hall–Kier alpha value is -5.08. The minimum Gasteiger partial charge on any atom is -0.478 e. The highest BCUT2D eigenvalue weighted by molar-refractivity contribution is 7.99. The average Bonchev–Trinajstić information content (AvgIpc) is 3.00. The molecule has 0 bridgehead atoms. The lowest BCUT2D eigenvalue weighted by Crippen LogP contribution is -2.35. The van der Waals surface area contributed by atoms with Gasteiger partial charge in [0.1, 0.15) is 0 Å². The number of rotatable bonds is 7. The molecule has 1 aliphatic rings. The molecule has 0 fully saturated rings. The second kappa shape index (κ2) is 12.8. The van der Waals surface area contributed by atoms with Crippen molar-refractivity contribution in [2.75, 3.05) is 11.5 Å². The lowest BCUT2D eigenvalue weighted by atomic mass is 9.69. The maximum absolute atomic E-state index is 13.8. The van der Waals surface area contributed by atoms with Crippen molar-refractivity contribution >= 4 is 40.9 Å². The molecule has 0 aromatic heterocycles. The van der Waals surface area contributed by atoms with E-state index in [-0.39, 0.29) is 22.7 Å². The maximum atomic E-state index is 13.8. The molecule has 1 unspecified atom stereocenters. The van der Waals surface area contributed by atoms with Gasteiger partial charge < -0.3 is 21.7 Å². The monoisotopic (exact) mass is 564 g/mol. The summed E-state index contributed by atoms with van der Waals surface area (Å²) < 4.78 is 0. The molecule has 0 aliphatic heterocycles. The Balaban J connectivity index is 0.000000367. The van der Waals surface area contributed by atoms with Crippen molar-refractivity contribution < 1.29 is 24.6 Å². The number of carbonyl (C=O) groups is 3. The average molecular weight is 565 g/mol. The van der Waals surface area contributed by atoms with E-state index in [4.69, 9.17) is 16.6 Å². The van der Waals surface area contributed by atoms with Gasteiger partial charge in [-0.05, 0) is 54.4 Å². The fourth-order valence-electron chi connectivity index (χ4n) is 4.46. The predicted octanol–water partition coefficient (Wildman–Crippen LogP) is 6.72. The second-order valence-corrected chi connectivity index (χ2v) is 10.3. The van der Waals surface area contributed by atoms with Gasteiger partial charge in [-0.15, -0.1) is 0 Å². The van der Waals surface area contributed by atoms with E-state index in [0.717, 1.165) is 9.79 Å². The molecule has 41 heavy (non-hydrogen) atoms. The molecule has 8 heteroatoms. The van der Waals surface area contributed by atoms with Crippen LogP contribution in [-0.4, -0.2) is 27.9 Å². The number of hydrogen-bond donors (Lipinski definition) is 4. The lowest BCUT2D eigenvalue weighted by Gasteiger charge is -2.32. The highest BCUT2D eigenvalue weighted by Gasteiger charge is 2.40. The molecule has 0 saturated carbocycles. The number of hydrogen-bond acceptors (Lipinski definition) is 6. The van der Waals surface area contributed by atoms with Gasteiger partial charge in [-0.2, -0.15) is 0 Å². The van der Waals surface area contributed by atoms with E-state index in [9.17, 15) is 19.5 Å². The minimum atomic E-state index is -1.16. The zero-order valence-electron chi connectivity index (χ0n) is 21.9. The van der Waals surface area contributed by atoms with Gasteiger partial charge in [0.15, 0.2) is 5.78 Å². The predicted molar refractivity (Wildman–Crippen MR) is 162 cm³/mol. The second-order valence-electron chi connectivity index (χ2n) is 9.20. The molecule has 0 heterocycles. The third kappa shape index (κ3) is 6.57. The number of carboxylic acids is 2. The Morgan fingerprint density at radius 2 is 1.27 bits per heavy atom. The van der Waals surface area contributed by atoms with E-state index >= 15 is 0 Å². The molecule has 6 N–H and O–H groups in total. The third-order valence-corrected chi connectivity index (χ3v) is 7.60. The van der Waals surface area contributed by atoms with Crippen LogP contribution < -0.4 is 11.5 Å². The fourth-order valence-corrected chi connectivity index (χ4v) is 5.30. The molecule has 0 amide bonds. The molecule has 4 aromatic rings. The van der Waals surface area contributed by atoms with Crippen LogP contribution in [0.5, 0.6) is 0 Å². The number of carboxylic acid groups (broad SMARTS) is 2. The Labute approximate surface area is 241 Å². The summed E-state index contributed by atoms with van der Waals surface area (Å²) in [5, 5.41) is 17.7. The van der Waals surface area contributed by atoms with E-state index < -0.39 is 17.4 Å². The van der Waals surface area contributed by atoms with Gasteiger partial charge in [0.05, 0.1) is 27.9 Å². The Morgan fingerprint density at radius 1 is 0.659 bits per heavy atom. The van der Waals surface area contributed by atoms with Crippen LogP contribution in [0.25, 0.3) is 0 Å². The molecule has 1 aliphatic carbocycles. The van der Waals surface area contributed by atoms with Crippen molar-refractivity contribution in [3.63, 3.8) is 0 Å². The number of Topliss-reactive ketones (excluding diaryl/α,β-unsaturated/α-hetero) is 1. The van der Waals surface area contributed by atoms with Crippen LogP contribution in [0, 0.1) is 0 Å². The zero-order chi connectivity index (χ0) is 29.4. The van der Waals surface area contributed by atoms with Crippen LogP contribution in [0.3, 0.4) is 0 Å².